The summed E-state index contributed by atoms with van der Waals surface area (Å²) >= 11 is 7.21. The molecule has 6 heteroatoms. The van der Waals surface area contributed by atoms with E-state index >= 15 is 0 Å². The van der Waals surface area contributed by atoms with Crippen LogP contribution in [0.3, 0.4) is 0 Å². The first-order valence-electron chi connectivity index (χ1n) is 9.09. The highest BCUT2D eigenvalue weighted by Gasteiger charge is 2.12. The fourth-order valence-corrected chi connectivity index (χ4v) is 4.03. The van der Waals surface area contributed by atoms with Crippen molar-refractivity contribution in [3.05, 3.63) is 54.6 Å². The summed E-state index contributed by atoms with van der Waals surface area (Å²) in [6.45, 7) is 6.07. The maximum atomic E-state index is 5.47. The highest BCUT2D eigenvalue weighted by molar-refractivity contribution is 7.99. The van der Waals surface area contributed by atoms with Gasteiger partial charge >= 0.3 is 0 Å². The Balaban J connectivity index is 1.45. The molecule has 1 saturated heterocycles. The molecule has 3 rings (SSSR count). The number of thiocarbonyl (C=S) groups is 1. The van der Waals surface area contributed by atoms with Gasteiger partial charge in [0, 0.05) is 22.8 Å². The van der Waals surface area contributed by atoms with Crippen LogP contribution >= 0.6 is 24.0 Å². The molecule has 0 spiro atoms. The van der Waals surface area contributed by atoms with E-state index < -0.39 is 0 Å². The lowest BCUT2D eigenvalue weighted by molar-refractivity contribution is -0.908. The molecular formula is C20H26N3OS2+. The lowest BCUT2D eigenvalue weighted by Crippen LogP contribution is -3.14. The van der Waals surface area contributed by atoms with Gasteiger partial charge in [-0.15, -0.1) is 0 Å². The quantitative estimate of drug-likeness (QED) is 0.502. The Hall–Kier alpha value is -1.60. The van der Waals surface area contributed by atoms with Gasteiger partial charge in [-0.05, 0) is 36.5 Å². The lowest BCUT2D eigenvalue weighted by Gasteiger charge is -2.23. The highest BCUT2D eigenvalue weighted by atomic mass is 32.2. The van der Waals surface area contributed by atoms with Gasteiger partial charge in [0.2, 0.25) is 0 Å². The molecule has 2 aromatic carbocycles. The normalized spacial score (nSPS) is 14.8. The molecule has 0 amide bonds. The molecule has 1 fully saturated rings. The Morgan fingerprint density at radius 3 is 2.58 bits per heavy atom. The SMILES string of the molecule is S=C(NCCC[NH+]1CCOCC1)Nc1ccccc1Sc1ccccc1. The largest absolute Gasteiger partial charge is 0.370 e. The molecule has 3 N–H and O–H groups in total. The van der Waals surface area contributed by atoms with E-state index in [-0.39, 0.29) is 0 Å². The summed E-state index contributed by atoms with van der Waals surface area (Å²) in [6.07, 6.45) is 1.11. The number of rotatable bonds is 7. The molecule has 1 heterocycles. The zero-order valence-corrected chi connectivity index (χ0v) is 16.5. The van der Waals surface area contributed by atoms with Crippen LogP contribution in [0.15, 0.2) is 64.4 Å². The van der Waals surface area contributed by atoms with E-state index in [1.807, 2.05) is 12.1 Å². The zero-order valence-electron chi connectivity index (χ0n) is 14.9. The molecule has 0 atom stereocenters. The van der Waals surface area contributed by atoms with Crippen LogP contribution < -0.4 is 15.5 Å². The first-order chi connectivity index (χ1) is 12.8. The number of morpholine rings is 1. The maximum absolute atomic E-state index is 5.47. The number of benzene rings is 2. The van der Waals surface area contributed by atoms with E-state index in [0.717, 1.165) is 45.0 Å². The molecule has 0 radical (unpaired) electrons. The van der Waals surface area contributed by atoms with Gasteiger partial charge in [-0.25, -0.2) is 0 Å². The second kappa shape index (κ2) is 10.5. The van der Waals surface area contributed by atoms with Crippen LogP contribution in [0.5, 0.6) is 0 Å². The molecular weight excluding hydrogens is 362 g/mol. The first kappa shape index (κ1) is 19.2. The molecule has 1 aliphatic heterocycles. The van der Waals surface area contributed by atoms with Gasteiger partial charge in [0.05, 0.1) is 25.4 Å². The number of quaternary nitrogens is 1. The van der Waals surface area contributed by atoms with Gasteiger partial charge in [-0.3, -0.25) is 0 Å². The summed E-state index contributed by atoms with van der Waals surface area (Å²) in [5.41, 5.74) is 1.04. The molecule has 138 valence electrons. The third kappa shape index (κ3) is 6.29. The number of hydrogen-bond donors (Lipinski definition) is 3. The van der Waals surface area contributed by atoms with Crippen LogP contribution in [-0.2, 0) is 4.74 Å². The van der Waals surface area contributed by atoms with Crippen molar-refractivity contribution in [2.45, 2.75) is 16.2 Å². The second-order valence-electron chi connectivity index (χ2n) is 6.26. The summed E-state index contributed by atoms with van der Waals surface area (Å²) in [5, 5.41) is 7.35. The zero-order chi connectivity index (χ0) is 18.0. The number of hydrogen-bond acceptors (Lipinski definition) is 3. The number of para-hydroxylation sites is 1. The Morgan fingerprint density at radius 2 is 1.77 bits per heavy atom. The van der Waals surface area contributed by atoms with Crippen LogP contribution in [-0.4, -0.2) is 44.5 Å². The molecule has 26 heavy (non-hydrogen) atoms. The Morgan fingerprint density at radius 1 is 1.04 bits per heavy atom. The van der Waals surface area contributed by atoms with Gasteiger partial charge in [0.25, 0.3) is 0 Å². The Bertz CT molecular complexity index is 690. The standard InChI is InChI=1S/C20H25N3OS2/c25-20(21-11-6-12-23-13-15-24-16-14-23)22-18-9-4-5-10-19(18)26-17-7-2-1-3-8-17/h1-5,7-10H,6,11-16H2,(H2,21,22,25)/p+1. The molecule has 2 aromatic rings. The topological polar surface area (TPSA) is 37.7 Å². The number of anilines is 1. The van der Waals surface area contributed by atoms with Gasteiger partial charge < -0.3 is 20.3 Å². The number of ether oxygens (including phenoxy) is 1. The maximum Gasteiger partial charge on any atom is 0.170 e. The molecule has 4 nitrogen and oxygen atoms in total. The van der Waals surface area contributed by atoms with Crippen molar-refractivity contribution >= 4 is 34.8 Å². The monoisotopic (exact) mass is 388 g/mol. The third-order valence-electron chi connectivity index (χ3n) is 4.30. The molecule has 0 aliphatic carbocycles. The van der Waals surface area contributed by atoms with E-state index in [0.29, 0.717) is 5.11 Å². The summed E-state index contributed by atoms with van der Waals surface area (Å²) < 4.78 is 5.40. The molecule has 0 saturated carbocycles. The minimum atomic E-state index is 0.683. The van der Waals surface area contributed by atoms with Crippen molar-refractivity contribution in [3.8, 4) is 0 Å². The Kier molecular flexibility index (Phi) is 7.76. The van der Waals surface area contributed by atoms with Crippen molar-refractivity contribution in [1.82, 2.24) is 5.32 Å². The summed E-state index contributed by atoms with van der Waals surface area (Å²) in [4.78, 5) is 4.01. The van der Waals surface area contributed by atoms with Crippen molar-refractivity contribution in [3.63, 3.8) is 0 Å². The summed E-state index contributed by atoms with van der Waals surface area (Å²) in [6, 6.07) is 18.6. The van der Waals surface area contributed by atoms with E-state index in [1.54, 1.807) is 16.7 Å². The minimum absolute atomic E-state index is 0.683. The molecule has 0 unspecified atom stereocenters. The van der Waals surface area contributed by atoms with Crippen molar-refractivity contribution in [2.24, 2.45) is 0 Å². The van der Waals surface area contributed by atoms with Crippen LogP contribution in [0.1, 0.15) is 6.42 Å². The third-order valence-corrected chi connectivity index (χ3v) is 5.63. The van der Waals surface area contributed by atoms with Crippen LogP contribution in [0.2, 0.25) is 0 Å². The Labute approximate surface area is 165 Å². The highest BCUT2D eigenvalue weighted by Crippen LogP contribution is 2.33. The second-order valence-corrected chi connectivity index (χ2v) is 7.78. The predicted octanol–water partition coefficient (Wildman–Crippen LogP) is 2.43. The van der Waals surface area contributed by atoms with Crippen LogP contribution in [0.25, 0.3) is 0 Å². The van der Waals surface area contributed by atoms with E-state index in [9.17, 15) is 0 Å². The van der Waals surface area contributed by atoms with Gasteiger partial charge in [-0.2, -0.15) is 0 Å². The molecule has 0 bridgehead atoms. The van der Waals surface area contributed by atoms with Crippen molar-refractivity contribution in [1.29, 1.82) is 0 Å². The van der Waals surface area contributed by atoms with E-state index in [2.05, 4.69) is 53.1 Å². The molecule has 0 aromatic heterocycles. The van der Waals surface area contributed by atoms with Crippen molar-refractivity contribution < 1.29 is 9.64 Å². The molecule has 1 aliphatic rings. The smallest absolute Gasteiger partial charge is 0.170 e. The fraction of sp³-hybridized carbons (Fsp3) is 0.350. The first-order valence-corrected chi connectivity index (χ1v) is 10.3. The van der Waals surface area contributed by atoms with Gasteiger partial charge in [-0.1, -0.05) is 42.1 Å². The predicted molar refractivity (Wildman–Crippen MR) is 112 cm³/mol. The number of nitrogens with one attached hydrogen (secondary N) is 3. The summed E-state index contributed by atoms with van der Waals surface area (Å²) in [7, 11) is 0. The minimum Gasteiger partial charge on any atom is -0.370 e. The van der Waals surface area contributed by atoms with Gasteiger partial charge in [0.15, 0.2) is 5.11 Å². The van der Waals surface area contributed by atoms with E-state index in [1.165, 1.54) is 16.3 Å². The lowest BCUT2D eigenvalue weighted by atomic mass is 10.3. The van der Waals surface area contributed by atoms with Crippen LogP contribution in [0, 0.1) is 0 Å². The fourth-order valence-electron chi connectivity index (χ4n) is 2.89. The van der Waals surface area contributed by atoms with Crippen LogP contribution in [0.4, 0.5) is 5.69 Å². The van der Waals surface area contributed by atoms with E-state index in [4.69, 9.17) is 17.0 Å². The van der Waals surface area contributed by atoms with Gasteiger partial charge in [0.1, 0.15) is 13.1 Å². The summed E-state index contributed by atoms with van der Waals surface area (Å²) in [5.74, 6) is 0. The van der Waals surface area contributed by atoms with Crippen molar-refractivity contribution in [2.75, 3.05) is 44.7 Å². The average Bonchev–Trinajstić information content (AvgIpc) is 2.68. The average molecular weight is 389 g/mol.